The Balaban J connectivity index is 2.26. The van der Waals surface area contributed by atoms with E-state index in [1.807, 2.05) is 18.4 Å². The van der Waals surface area contributed by atoms with Gasteiger partial charge in [-0.15, -0.1) is 11.8 Å². The summed E-state index contributed by atoms with van der Waals surface area (Å²) < 4.78 is 54.4. The van der Waals surface area contributed by atoms with E-state index in [4.69, 9.17) is 9.88 Å². The van der Waals surface area contributed by atoms with Crippen LogP contribution in [-0.2, 0) is 26.6 Å². The molecular weight excluding hydrogens is 396 g/mol. The predicted molar refractivity (Wildman–Crippen MR) is 101 cm³/mol. The van der Waals surface area contributed by atoms with Gasteiger partial charge in [0.05, 0.1) is 16.9 Å². The summed E-state index contributed by atoms with van der Waals surface area (Å²) in [4.78, 5) is 0.803. The van der Waals surface area contributed by atoms with Gasteiger partial charge in [0.25, 0.3) is 0 Å². The molecule has 0 heterocycles. The average Bonchev–Trinajstić information content (AvgIpc) is 2.60. The molecule has 26 heavy (non-hydrogen) atoms. The summed E-state index contributed by atoms with van der Waals surface area (Å²) in [6, 6.07) is 10.3. The SMILES string of the molecule is COc1cc(CN(C)S(=O)(=O)c2ccc(S(N)(=O)=O)cc2)ccc1SC. The van der Waals surface area contributed by atoms with E-state index >= 15 is 0 Å². The quantitative estimate of drug-likeness (QED) is 0.691. The summed E-state index contributed by atoms with van der Waals surface area (Å²) in [6.45, 7) is 0.143. The van der Waals surface area contributed by atoms with Gasteiger partial charge in [-0.2, -0.15) is 4.31 Å². The summed E-state index contributed by atoms with van der Waals surface area (Å²) in [5.41, 5.74) is 0.770. The Morgan fingerprint density at radius 3 is 2.12 bits per heavy atom. The molecule has 10 heteroatoms. The van der Waals surface area contributed by atoms with Gasteiger partial charge in [-0.3, -0.25) is 0 Å². The van der Waals surface area contributed by atoms with Gasteiger partial charge < -0.3 is 4.74 Å². The van der Waals surface area contributed by atoms with Crippen LogP contribution >= 0.6 is 11.8 Å². The Hall–Kier alpha value is -1.59. The number of hydrogen-bond donors (Lipinski definition) is 1. The highest BCUT2D eigenvalue weighted by molar-refractivity contribution is 7.98. The van der Waals surface area contributed by atoms with Crippen LogP contribution in [0.1, 0.15) is 5.56 Å². The summed E-state index contributed by atoms with van der Waals surface area (Å²) in [6.07, 6.45) is 1.93. The van der Waals surface area contributed by atoms with E-state index in [-0.39, 0.29) is 16.3 Å². The highest BCUT2D eigenvalue weighted by Crippen LogP contribution is 2.29. The smallest absolute Gasteiger partial charge is 0.243 e. The van der Waals surface area contributed by atoms with Crippen LogP contribution in [0.3, 0.4) is 0 Å². The zero-order valence-corrected chi connectivity index (χ0v) is 17.0. The Labute approximate surface area is 158 Å². The van der Waals surface area contributed by atoms with Crippen LogP contribution in [0.15, 0.2) is 57.2 Å². The number of primary sulfonamides is 1. The van der Waals surface area contributed by atoms with Crippen LogP contribution in [0.4, 0.5) is 0 Å². The molecule has 0 aliphatic rings. The number of benzene rings is 2. The molecule has 0 fully saturated rings. The van der Waals surface area contributed by atoms with E-state index in [0.717, 1.165) is 10.5 Å². The molecule has 0 radical (unpaired) electrons. The molecule has 0 bridgehead atoms. The summed E-state index contributed by atoms with van der Waals surface area (Å²) in [5.74, 6) is 0.679. The maximum Gasteiger partial charge on any atom is 0.243 e. The number of nitrogens with zero attached hydrogens (tertiary/aromatic N) is 1. The second-order valence-corrected chi connectivity index (χ2v) is 9.92. The van der Waals surface area contributed by atoms with E-state index in [1.54, 1.807) is 13.2 Å². The van der Waals surface area contributed by atoms with Crippen molar-refractivity contribution in [3.05, 3.63) is 48.0 Å². The van der Waals surface area contributed by atoms with Crippen molar-refractivity contribution in [2.24, 2.45) is 5.14 Å². The van der Waals surface area contributed by atoms with Crippen molar-refractivity contribution < 1.29 is 21.6 Å². The molecule has 0 spiro atoms. The van der Waals surface area contributed by atoms with Crippen LogP contribution < -0.4 is 9.88 Å². The van der Waals surface area contributed by atoms with Crippen molar-refractivity contribution in [1.29, 1.82) is 0 Å². The minimum absolute atomic E-state index is 0.0138. The lowest BCUT2D eigenvalue weighted by molar-refractivity contribution is 0.402. The molecule has 0 saturated heterocycles. The van der Waals surface area contributed by atoms with Crippen LogP contribution in [-0.4, -0.2) is 41.6 Å². The summed E-state index contributed by atoms with van der Waals surface area (Å²) >= 11 is 1.54. The first-order chi connectivity index (χ1) is 12.1. The first-order valence-electron chi connectivity index (χ1n) is 7.39. The molecule has 0 atom stereocenters. The second kappa shape index (κ2) is 7.97. The lowest BCUT2D eigenvalue weighted by Gasteiger charge is -2.18. The Kier molecular flexibility index (Phi) is 6.35. The second-order valence-electron chi connectivity index (χ2n) is 5.47. The molecule has 0 unspecified atom stereocenters. The predicted octanol–water partition coefficient (Wildman–Crippen LogP) is 1.89. The fraction of sp³-hybridized carbons (Fsp3) is 0.250. The fourth-order valence-electron chi connectivity index (χ4n) is 2.30. The summed E-state index contributed by atoms with van der Waals surface area (Å²) in [7, 11) is -4.64. The molecule has 142 valence electrons. The molecule has 2 aromatic carbocycles. The van der Waals surface area contributed by atoms with Gasteiger partial charge in [0.1, 0.15) is 5.75 Å². The third-order valence-corrected chi connectivity index (χ3v) is 7.24. The largest absolute Gasteiger partial charge is 0.496 e. The molecule has 0 aliphatic carbocycles. The number of methoxy groups -OCH3 is 1. The molecule has 0 aromatic heterocycles. The molecule has 0 aliphatic heterocycles. The lowest BCUT2D eigenvalue weighted by Crippen LogP contribution is -2.26. The Morgan fingerprint density at radius 2 is 1.62 bits per heavy atom. The zero-order chi connectivity index (χ0) is 19.5. The van der Waals surface area contributed by atoms with Gasteiger partial charge in [-0.1, -0.05) is 6.07 Å². The molecule has 0 amide bonds. The normalized spacial score (nSPS) is 12.3. The van der Waals surface area contributed by atoms with Gasteiger partial charge in [-0.05, 0) is 48.2 Å². The summed E-state index contributed by atoms with van der Waals surface area (Å²) in [5, 5.41) is 5.03. The topological polar surface area (TPSA) is 107 Å². The van der Waals surface area contributed by atoms with Gasteiger partial charge in [0, 0.05) is 18.5 Å². The van der Waals surface area contributed by atoms with Crippen molar-refractivity contribution in [3.63, 3.8) is 0 Å². The maximum atomic E-state index is 12.7. The van der Waals surface area contributed by atoms with E-state index in [2.05, 4.69) is 0 Å². The highest BCUT2D eigenvalue weighted by atomic mass is 32.2. The molecule has 7 nitrogen and oxygen atoms in total. The van der Waals surface area contributed by atoms with Gasteiger partial charge in [0.2, 0.25) is 20.0 Å². The average molecular weight is 417 g/mol. The van der Waals surface area contributed by atoms with Crippen LogP contribution in [0.25, 0.3) is 0 Å². The van der Waals surface area contributed by atoms with E-state index < -0.39 is 20.0 Å². The fourth-order valence-corrected chi connectivity index (χ4v) is 4.52. The highest BCUT2D eigenvalue weighted by Gasteiger charge is 2.22. The number of nitrogens with two attached hydrogens (primary N) is 1. The van der Waals surface area contributed by atoms with Crippen molar-refractivity contribution in [3.8, 4) is 5.75 Å². The van der Waals surface area contributed by atoms with Crippen molar-refractivity contribution >= 4 is 31.8 Å². The number of ether oxygens (including phenoxy) is 1. The molecular formula is C16H20N2O5S3. The van der Waals surface area contributed by atoms with Crippen LogP contribution in [0, 0.1) is 0 Å². The molecule has 0 saturated carbocycles. The Bertz CT molecular complexity index is 987. The Morgan fingerprint density at radius 1 is 1.04 bits per heavy atom. The third kappa shape index (κ3) is 4.57. The molecule has 2 aromatic rings. The van der Waals surface area contributed by atoms with Crippen molar-refractivity contribution in [1.82, 2.24) is 4.31 Å². The standard InChI is InChI=1S/C16H20N2O5S3/c1-18(11-12-4-9-16(24-3)15(10-12)23-2)26(21,22)14-7-5-13(6-8-14)25(17,19)20/h4-10H,11H2,1-3H3,(H2,17,19,20). The van der Waals surface area contributed by atoms with E-state index in [1.165, 1.54) is 47.4 Å². The lowest BCUT2D eigenvalue weighted by atomic mass is 10.2. The minimum Gasteiger partial charge on any atom is -0.496 e. The monoisotopic (exact) mass is 416 g/mol. The molecule has 2 rings (SSSR count). The number of hydrogen-bond acceptors (Lipinski definition) is 6. The number of thioether (sulfide) groups is 1. The van der Waals surface area contributed by atoms with E-state index in [9.17, 15) is 16.8 Å². The minimum atomic E-state index is -3.87. The zero-order valence-electron chi connectivity index (χ0n) is 14.5. The van der Waals surface area contributed by atoms with Crippen LogP contribution in [0.2, 0.25) is 0 Å². The first-order valence-corrected chi connectivity index (χ1v) is 11.6. The number of sulfonamides is 2. The third-order valence-electron chi connectivity index (χ3n) is 3.71. The van der Waals surface area contributed by atoms with Crippen LogP contribution in [0.5, 0.6) is 5.75 Å². The first kappa shape index (κ1) is 20.7. The van der Waals surface area contributed by atoms with Gasteiger partial charge in [-0.25, -0.2) is 22.0 Å². The molecule has 2 N–H and O–H groups in total. The van der Waals surface area contributed by atoms with Crippen molar-refractivity contribution in [2.45, 2.75) is 21.2 Å². The van der Waals surface area contributed by atoms with Gasteiger partial charge >= 0.3 is 0 Å². The van der Waals surface area contributed by atoms with Crippen molar-refractivity contribution in [2.75, 3.05) is 20.4 Å². The van der Waals surface area contributed by atoms with Gasteiger partial charge in [0.15, 0.2) is 0 Å². The maximum absolute atomic E-state index is 12.7. The number of rotatable bonds is 7. The van der Waals surface area contributed by atoms with E-state index in [0.29, 0.717) is 5.75 Å².